The second kappa shape index (κ2) is 9.87. The van der Waals surface area contributed by atoms with Gasteiger partial charge in [0, 0.05) is 37.9 Å². The second-order valence-corrected chi connectivity index (χ2v) is 7.33. The number of carbonyl (C=O) groups excluding carboxylic acids is 1. The van der Waals surface area contributed by atoms with Gasteiger partial charge in [-0.3, -0.25) is 9.78 Å². The average Bonchev–Trinajstić information content (AvgIpc) is 3.30. The molecule has 0 aliphatic rings. The number of aromatic nitrogens is 5. The fraction of sp³-hybridized carbons (Fsp3) is 0.364. The van der Waals surface area contributed by atoms with E-state index in [9.17, 15) is 23.2 Å². The Bertz CT molecular complexity index is 1180. The molecular weight excluding hydrogens is 437 g/mol. The van der Waals surface area contributed by atoms with Gasteiger partial charge in [0.05, 0.1) is 29.8 Å². The number of ether oxygens (including phenoxy) is 1. The van der Waals surface area contributed by atoms with Crippen LogP contribution in [-0.4, -0.2) is 37.9 Å². The number of halogens is 3. The number of alkyl halides is 3. The lowest BCUT2D eigenvalue weighted by Gasteiger charge is -2.20. The first-order chi connectivity index (χ1) is 15.7. The summed E-state index contributed by atoms with van der Waals surface area (Å²) >= 11 is 0. The molecule has 8 nitrogen and oxygen atoms in total. The van der Waals surface area contributed by atoms with Gasteiger partial charge in [0.25, 0.3) is 0 Å². The highest BCUT2D eigenvalue weighted by molar-refractivity contribution is 5.83. The van der Waals surface area contributed by atoms with Gasteiger partial charge >= 0.3 is 6.18 Å². The summed E-state index contributed by atoms with van der Waals surface area (Å²) in [4.78, 5) is 21.6. The number of ketones is 1. The van der Waals surface area contributed by atoms with Crippen LogP contribution in [0.4, 0.5) is 13.2 Å². The van der Waals surface area contributed by atoms with Crippen molar-refractivity contribution in [3.05, 3.63) is 64.4 Å². The third kappa shape index (κ3) is 5.23. The first-order valence-corrected chi connectivity index (χ1v) is 10.0. The molecule has 0 aromatic carbocycles. The summed E-state index contributed by atoms with van der Waals surface area (Å²) in [5.74, 6) is -0.824. The fourth-order valence-electron chi connectivity index (χ4n) is 3.60. The number of hydrogen-bond acceptors (Lipinski definition) is 7. The van der Waals surface area contributed by atoms with Crippen molar-refractivity contribution in [2.24, 2.45) is 0 Å². The Kier molecular flexibility index (Phi) is 7.18. The lowest BCUT2D eigenvalue weighted by molar-refractivity contribution is -0.138. The fourth-order valence-corrected chi connectivity index (χ4v) is 3.60. The maximum Gasteiger partial charge on any atom is 0.420 e. The van der Waals surface area contributed by atoms with Crippen molar-refractivity contribution in [3.63, 3.8) is 0 Å². The molecule has 0 fully saturated rings. The Morgan fingerprint density at radius 1 is 1.21 bits per heavy atom. The number of methoxy groups -OCH3 is 1. The summed E-state index contributed by atoms with van der Waals surface area (Å²) in [6.45, 7) is 3.58. The van der Waals surface area contributed by atoms with E-state index in [1.54, 1.807) is 6.92 Å². The summed E-state index contributed by atoms with van der Waals surface area (Å²) in [5.41, 5.74) is 1.00. The van der Waals surface area contributed by atoms with E-state index in [4.69, 9.17) is 4.74 Å². The van der Waals surface area contributed by atoms with Gasteiger partial charge in [-0.2, -0.15) is 28.6 Å². The molecule has 0 spiro atoms. The molecule has 3 heterocycles. The lowest BCUT2D eigenvalue weighted by atomic mass is 9.92. The molecule has 0 saturated carbocycles. The Morgan fingerprint density at radius 3 is 2.48 bits per heavy atom. The summed E-state index contributed by atoms with van der Waals surface area (Å²) in [6, 6.07) is 2.99. The third-order valence-corrected chi connectivity index (χ3v) is 5.11. The van der Waals surface area contributed by atoms with E-state index in [1.165, 1.54) is 31.9 Å². The van der Waals surface area contributed by atoms with Crippen molar-refractivity contribution in [1.82, 2.24) is 25.0 Å². The maximum absolute atomic E-state index is 13.6. The van der Waals surface area contributed by atoms with Crippen molar-refractivity contribution in [3.8, 4) is 11.9 Å². The minimum Gasteiger partial charge on any atom is -0.377 e. The average molecular weight is 458 g/mol. The van der Waals surface area contributed by atoms with Crippen LogP contribution < -0.4 is 0 Å². The zero-order chi connectivity index (χ0) is 24.2. The minimum absolute atomic E-state index is 0.101. The smallest absolute Gasteiger partial charge is 0.377 e. The van der Waals surface area contributed by atoms with Crippen LogP contribution in [0.25, 0.3) is 5.82 Å². The summed E-state index contributed by atoms with van der Waals surface area (Å²) < 4.78 is 46.3. The molecule has 1 atom stereocenters. The molecule has 11 heteroatoms. The number of rotatable bonds is 8. The zero-order valence-corrected chi connectivity index (χ0v) is 18.2. The van der Waals surface area contributed by atoms with E-state index in [-0.39, 0.29) is 24.2 Å². The molecule has 0 amide bonds. The van der Waals surface area contributed by atoms with Gasteiger partial charge in [-0.05, 0) is 30.5 Å². The first-order valence-electron chi connectivity index (χ1n) is 10.0. The van der Waals surface area contributed by atoms with E-state index in [2.05, 4.69) is 26.2 Å². The highest BCUT2D eigenvalue weighted by Crippen LogP contribution is 2.33. The number of carbonyl (C=O) groups is 1. The number of nitriles is 1. The van der Waals surface area contributed by atoms with Crippen LogP contribution in [0.5, 0.6) is 0 Å². The van der Waals surface area contributed by atoms with E-state index < -0.39 is 23.7 Å². The van der Waals surface area contributed by atoms with Crippen molar-refractivity contribution < 1.29 is 22.7 Å². The van der Waals surface area contributed by atoms with Crippen molar-refractivity contribution in [2.45, 2.75) is 45.4 Å². The maximum atomic E-state index is 13.6. The largest absolute Gasteiger partial charge is 0.420 e. The second-order valence-electron chi connectivity index (χ2n) is 7.33. The summed E-state index contributed by atoms with van der Waals surface area (Å²) in [5, 5.41) is 17.0. The predicted octanol–water partition coefficient (Wildman–Crippen LogP) is 3.71. The normalized spacial score (nSPS) is 12.4. The molecule has 3 rings (SSSR count). The van der Waals surface area contributed by atoms with Gasteiger partial charge in [-0.1, -0.05) is 6.92 Å². The Morgan fingerprint density at radius 2 is 1.91 bits per heavy atom. The highest BCUT2D eigenvalue weighted by atomic mass is 19.4. The number of nitrogens with zero attached hydrogens (tertiary/aromatic N) is 6. The summed E-state index contributed by atoms with van der Waals surface area (Å²) in [7, 11) is 1.51. The molecule has 0 aliphatic carbocycles. The van der Waals surface area contributed by atoms with Crippen LogP contribution in [-0.2, 0) is 28.5 Å². The van der Waals surface area contributed by atoms with E-state index in [0.29, 0.717) is 28.8 Å². The van der Waals surface area contributed by atoms with Gasteiger partial charge in [0.1, 0.15) is 17.4 Å². The van der Waals surface area contributed by atoms with Crippen LogP contribution in [0.2, 0.25) is 0 Å². The molecule has 0 aliphatic heterocycles. The number of hydrogen-bond donors (Lipinski definition) is 0. The molecule has 0 radical (unpaired) electrons. The predicted molar refractivity (Wildman–Crippen MR) is 110 cm³/mol. The Hall–Kier alpha value is -3.65. The third-order valence-electron chi connectivity index (χ3n) is 5.11. The molecule has 0 bridgehead atoms. The van der Waals surface area contributed by atoms with E-state index in [0.717, 1.165) is 10.9 Å². The molecule has 3 aromatic rings. The Balaban J connectivity index is 1.91. The lowest BCUT2D eigenvalue weighted by Crippen LogP contribution is -2.17. The number of Topliss-reactive ketones (excluding diaryl/α,β-unsaturated/α-hetero) is 1. The van der Waals surface area contributed by atoms with Gasteiger partial charge in [0.2, 0.25) is 0 Å². The highest BCUT2D eigenvalue weighted by Gasteiger charge is 2.36. The molecule has 0 saturated heterocycles. The first kappa shape index (κ1) is 24.0. The summed E-state index contributed by atoms with van der Waals surface area (Å²) in [6.07, 6.45) is 0.250. The van der Waals surface area contributed by atoms with Crippen molar-refractivity contribution in [2.75, 3.05) is 7.11 Å². The number of pyridine rings is 2. The van der Waals surface area contributed by atoms with Crippen molar-refractivity contribution >= 4 is 5.78 Å². The SMILES string of the molecule is CC[C@@H](OC)c1c(CC(=O)Cc2cnc(-n3nccn3)c(C(F)(F)F)c2)cnc(C)c1C#N. The van der Waals surface area contributed by atoms with Crippen LogP contribution in [0.15, 0.2) is 30.9 Å². The standard InChI is InChI=1S/C22H21F3N6O2/c1-4-19(33-3)20-15(12-27-13(2)17(20)10-26)9-16(32)7-14-8-18(22(23,24)25)21(28-11-14)31-29-5-6-30-31/h5-6,8,11-12,19H,4,7,9H2,1-3H3/t19-/m1/s1. The van der Waals surface area contributed by atoms with Gasteiger partial charge in [-0.15, -0.1) is 4.80 Å². The van der Waals surface area contributed by atoms with Crippen LogP contribution in [0.1, 0.15) is 53.0 Å². The van der Waals surface area contributed by atoms with Crippen LogP contribution in [0, 0.1) is 18.3 Å². The number of aryl methyl sites for hydroxylation is 1. The zero-order valence-electron chi connectivity index (χ0n) is 18.2. The molecule has 0 N–H and O–H groups in total. The quantitative estimate of drug-likeness (QED) is 0.507. The molecule has 0 unspecified atom stereocenters. The minimum atomic E-state index is -4.71. The van der Waals surface area contributed by atoms with E-state index in [1.807, 2.05) is 6.92 Å². The van der Waals surface area contributed by atoms with Crippen molar-refractivity contribution in [1.29, 1.82) is 5.26 Å². The molecular formula is C22H21F3N6O2. The van der Waals surface area contributed by atoms with Gasteiger partial charge in [-0.25, -0.2) is 4.98 Å². The topological polar surface area (TPSA) is 107 Å². The molecule has 33 heavy (non-hydrogen) atoms. The monoisotopic (exact) mass is 458 g/mol. The van der Waals surface area contributed by atoms with Gasteiger partial charge in [0.15, 0.2) is 5.82 Å². The van der Waals surface area contributed by atoms with E-state index >= 15 is 0 Å². The molecule has 3 aromatic heterocycles. The van der Waals surface area contributed by atoms with Crippen LogP contribution in [0.3, 0.4) is 0 Å². The van der Waals surface area contributed by atoms with Gasteiger partial charge < -0.3 is 4.74 Å². The van der Waals surface area contributed by atoms with Crippen LogP contribution >= 0.6 is 0 Å². The Labute approximate surface area is 188 Å². The molecule has 172 valence electrons.